The lowest BCUT2D eigenvalue weighted by Gasteiger charge is -2.10. The molecule has 1 aliphatic carbocycles. The summed E-state index contributed by atoms with van der Waals surface area (Å²) in [6.45, 7) is -0.586. The Bertz CT molecular complexity index is 621. The van der Waals surface area contributed by atoms with Crippen LogP contribution in [0.25, 0.3) is 11.3 Å². The average molecular weight is 257 g/mol. The smallest absolute Gasteiger partial charge is 0.328 e. The van der Waals surface area contributed by atoms with Crippen LogP contribution in [0, 0.1) is 11.3 Å². The molecule has 2 aliphatic rings. The van der Waals surface area contributed by atoms with Crippen LogP contribution in [-0.2, 0) is 4.79 Å². The molecule has 1 atom stereocenters. The van der Waals surface area contributed by atoms with Crippen LogP contribution in [-0.4, -0.2) is 33.8 Å². The van der Waals surface area contributed by atoms with E-state index in [-0.39, 0.29) is 11.4 Å². The van der Waals surface area contributed by atoms with Gasteiger partial charge in [0, 0.05) is 5.56 Å². The van der Waals surface area contributed by atoms with E-state index >= 15 is 0 Å². The number of carboxylic acid groups (broad SMARTS) is 1. The van der Waals surface area contributed by atoms with Crippen LogP contribution in [0.4, 0.5) is 5.82 Å². The molecule has 1 aliphatic heterocycles. The van der Waals surface area contributed by atoms with Gasteiger partial charge in [0.05, 0.1) is 12.3 Å². The molecule has 0 aromatic heterocycles. The van der Waals surface area contributed by atoms with Crippen molar-refractivity contribution in [1.82, 2.24) is 4.98 Å². The van der Waals surface area contributed by atoms with Gasteiger partial charge >= 0.3 is 5.97 Å². The molecule has 2 rings (SSSR count). The minimum atomic E-state index is -1.20. The summed E-state index contributed by atoms with van der Waals surface area (Å²) in [7, 11) is 0. The number of nitrogens with zero attached hydrogens (tertiary/aromatic N) is 2. The molecule has 96 valence electrons. The summed E-state index contributed by atoms with van der Waals surface area (Å²) in [6.07, 6.45) is 0. The Labute approximate surface area is 109 Å². The predicted octanol–water partition coefficient (Wildman–Crippen LogP) is 0.915. The van der Waals surface area contributed by atoms with Crippen LogP contribution in [0.5, 0.6) is 0 Å². The number of nitrogens with one attached hydrogen (secondary N) is 1. The number of aliphatic hydroxyl groups excluding tert-OH is 1. The molecule has 6 heteroatoms. The van der Waals surface area contributed by atoms with Crippen molar-refractivity contribution in [1.29, 1.82) is 5.26 Å². The molecule has 19 heavy (non-hydrogen) atoms. The molecule has 0 bridgehead atoms. The number of carbonyl (C=O) groups is 1. The summed E-state index contributed by atoms with van der Waals surface area (Å²) < 4.78 is 0. The summed E-state index contributed by atoms with van der Waals surface area (Å²) >= 11 is 0. The predicted molar refractivity (Wildman–Crippen MR) is 67.7 cm³/mol. The van der Waals surface area contributed by atoms with E-state index in [2.05, 4.69) is 10.3 Å². The Morgan fingerprint density at radius 1 is 1.42 bits per heavy atom. The molecule has 0 saturated carbocycles. The standard InChI is InChI=1S/C13H11N3O3/c14-6-9-8-4-2-1-3-5-10(8)15-12(9)16-11(7-17)13(18)19/h1-5,11,17H,7H2,(H,15,16)(H,18,19). The van der Waals surface area contributed by atoms with Gasteiger partial charge in [-0.1, -0.05) is 24.3 Å². The van der Waals surface area contributed by atoms with E-state index in [1.807, 2.05) is 12.1 Å². The van der Waals surface area contributed by atoms with Crippen LogP contribution in [0.2, 0.25) is 0 Å². The Kier molecular flexibility index (Phi) is 3.59. The molecule has 0 aromatic carbocycles. The largest absolute Gasteiger partial charge is 0.480 e. The van der Waals surface area contributed by atoms with Gasteiger partial charge in [0.15, 0.2) is 0 Å². The van der Waals surface area contributed by atoms with Crippen LogP contribution in [0.3, 0.4) is 0 Å². The SMILES string of the molecule is N#Cc1c2cccccc-2nc1NC(CO)C(=O)O. The molecule has 0 radical (unpaired) electrons. The third-order valence-electron chi connectivity index (χ3n) is 2.66. The Morgan fingerprint density at radius 3 is 2.79 bits per heavy atom. The number of aromatic nitrogens is 1. The second-order valence-electron chi connectivity index (χ2n) is 3.87. The summed E-state index contributed by atoms with van der Waals surface area (Å²) in [6, 6.07) is 9.64. The van der Waals surface area contributed by atoms with Crippen molar-refractivity contribution >= 4 is 11.8 Å². The number of aliphatic hydroxyl groups is 1. The highest BCUT2D eigenvalue weighted by atomic mass is 16.4. The fourth-order valence-corrected chi connectivity index (χ4v) is 1.72. The molecular formula is C13H11N3O3. The molecular weight excluding hydrogens is 246 g/mol. The van der Waals surface area contributed by atoms with Crippen molar-refractivity contribution in [3.8, 4) is 17.3 Å². The van der Waals surface area contributed by atoms with Crippen molar-refractivity contribution in [3.05, 3.63) is 35.9 Å². The van der Waals surface area contributed by atoms with Gasteiger partial charge in [-0.3, -0.25) is 0 Å². The van der Waals surface area contributed by atoms with Gasteiger partial charge < -0.3 is 15.5 Å². The number of aliphatic carboxylic acids is 1. The van der Waals surface area contributed by atoms with E-state index in [0.717, 1.165) is 0 Å². The lowest BCUT2D eigenvalue weighted by Crippen LogP contribution is -2.33. The molecule has 3 N–H and O–H groups in total. The lowest BCUT2D eigenvalue weighted by atomic mass is 10.1. The average Bonchev–Trinajstić information content (AvgIpc) is 2.56. The van der Waals surface area contributed by atoms with E-state index in [4.69, 9.17) is 10.2 Å². The number of rotatable bonds is 4. The number of hydrogen-bond acceptors (Lipinski definition) is 5. The van der Waals surface area contributed by atoms with Crippen molar-refractivity contribution < 1.29 is 15.0 Å². The van der Waals surface area contributed by atoms with E-state index in [0.29, 0.717) is 11.3 Å². The van der Waals surface area contributed by atoms with Crippen molar-refractivity contribution in [2.45, 2.75) is 6.04 Å². The Balaban J connectivity index is 2.47. The molecule has 0 spiro atoms. The first-order valence-electron chi connectivity index (χ1n) is 5.56. The highest BCUT2D eigenvalue weighted by Crippen LogP contribution is 2.30. The molecule has 0 amide bonds. The van der Waals surface area contributed by atoms with E-state index in [9.17, 15) is 10.1 Å². The fraction of sp³-hybridized carbons (Fsp3) is 0.154. The summed E-state index contributed by atoms with van der Waals surface area (Å²) in [5, 5.41) is 29.6. The number of carboxylic acids is 1. The second kappa shape index (κ2) is 5.33. The van der Waals surface area contributed by atoms with Gasteiger partial charge in [0.2, 0.25) is 0 Å². The van der Waals surface area contributed by atoms with Crippen molar-refractivity contribution in [2.24, 2.45) is 0 Å². The van der Waals surface area contributed by atoms with Crippen LogP contribution < -0.4 is 5.32 Å². The zero-order valence-corrected chi connectivity index (χ0v) is 9.87. The molecule has 1 heterocycles. The third kappa shape index (κ3) is 2.46. The first-order chi connectivity index (χ1) is 9.17. The van der Waals surface area contributed by atoms with Gasteiger partial charge in [0.25, 0.3) is 0 Å². The molecule has 6 nitrogen and oxygen atoms in total. The quantitative estimate of drug-likeness (QED) is 0.751. The maximum atomic E-state index is 10.9. The molecule has 0 aromatic rings. The number of hydrogen-bond donors (Lipinski definition) is 3. The molecule has 1 unspecified atom stereocenters. The lowest BCUT2D eigenvalue weighted by molar-refractivity contribution is -0.138. The zero-order valence-electron chi connectivity index (χ0n) is 9.87. The van der Waals surface area contributed by atoms with E-state index in [1.165, 1.54) is 0 Å². The third-order valence-corrected chi connectivity index (χ3v) is 2.66. The maximum absolute atomic E-state index is 10.9. The van der Waals surface area contributed by atoms with E-state index in [1.54, 1.807) is 24.3 Å². The molecule has 0 fully saturated rings. The van der Waals surface area contributed by atoms with Crippen LogP contribution in [0.1, 0.15) is 5.56 Å². The first-order valence-corrected chi connectivity index (χ1v) is 5.56. The summed E-state index contributed by atoms with van der Waals surface area (Å²) in [4.78, 5) is 15.1. The maximum Gasteiger partial charge on any atom is 0.328 e. The van der Waals surface area contributed by atoms with Gasteiger partial charge in [-0.15, -0.1) is 0 Å². The van der Waals surface area contributed by atoms with Crippen LogP contribution in [0.15, 0.2) is 30.3 Å². The number of nitriles is 1. The zero-order chi connectivity index (χ0) is 13.8. The van der Waals surface area contributed by atoms with Crippen molar-refractivity contribution in [3.63, 3.8) is 0 Å². The highest BCUT2D eigenvalue weighted by Gasteiger charge is 2.22. The number of fused-ring (bicyclic) bond motifs is 1. The van der Waals surface area contributed by atoms with Gasteiger partial charge in [0.1, 0.15) is 23.5 Å². The minimum Gasteiger partial charge on any atom is -0.480 e. The Hall–Kier alpha value is -2.65. The van der Waals surface area contributed by atoms with Crippen molar-refractivity contribution in [2.75, 3.05) is 11.9 Å². The monoisotopic (exact) mass is 257 g/mol. The Morgan fingerprint density at radius 2 is 2.16 bits per heavy atom. The van der Waals surface area contributed by atoms with Gasteiger partial charge in [-0.05, 0) is 6.07 Å². The molecule has 0 saturated heterocycles. The summed E-state index contributed by atoms with van der Waals surface area (Å²) in [5.41, 5.74) is 1.49. The number of anilines is 1. The normalized spacial score (nSPS) is 11.8. The topological polar surface area (TPSA) is 106 Å². The van der Waals surface area contributed by atoms with Gasteiger partial charge in [-0.25, -0.2) is 9.78 Å². The first kappa shape index (κ1) is 12.8. The second-order valence-corrected chi connectivity index (χ2v) is 3.87. The minimum absolute atomic E-state index is 0.171. The van der Waals surface area contributed by atoms with Crippen LogP contribution >= 0.6 is 0 Å². The van der Waals surface area contributed by atoms with E-state index < -0.39 is 18.6 Å². The highest BCUT2D eigenvalue weighted by molar-refractivity contribution is 5.82. The fourth-order valence-electron chi connectivity index (χ4n) is 1.72. The summed E-state index contributed by atoms with van der Waals surface area (Å²) in [5.74, 6) is -1.03. The van der Waals surface area contributed by atoms with Gasteiger partial charge in [-0.2, -0.15) is 5.26 Å².